The van der Waals surface area contributed by atoms with Crippen molar-refractivity contribution in [1.29, 1.82) is 0 Å². The molecule has 0 spiro atoms. The maximum atomic E-state index is 11.4. The zero-order valence-electron chi connectivity index (χ0n) is 10.8. The largest absolute Gasteiger partial charge is 0.460 e. The van der Waals surface area contributed by atoms with Crippen LogP contribution < -0.4 is 0 Å². The third-order valence-electron chi connectivity index (χ3n) is 3.66. The molecule has 3 atom stereocenters. The van der Waals surface area contributed by atoms with E-state index in [-0.39, 0.29) is 19.2 Å². The molecular weight excluding hydrogens is 220 g/mol. The zero-order valence-corrected chi connectivity index (χ0v) is 10.8. The van der Waals surface area contributed by atoms with Crippen molar-refractivity contribution in [2.24, 2.45) is 17.8 Å². The zero-order chi connectivity index (χ0) is 12.8. The Morgan fingerprint density at radius 2 is 2.12 bits per heavy atom. The molecule has 0 aromatic rings. The third kappa shape index (κ3) is 4.36. The topological polar surface area (TPSA) is 52.6 Å². The summed E-state index contributed by atoms with van der Waals surface area (Å²) in [5.74, 6) is 1.19. The number of hydrogen-bond donors (Lipinski definition) is 0. The lowest BCUT2D eigenvalue weighted by molar-refractivity contribution is -0.162. The number of carbonyl (C=O) groups excluding carboxylic acids is 2. The summed E-state index contributed by atoms with van der Waals surface area (Å²) in [6.45, 7) is 6.50. The maximum absolute atomic E-state index is 11.4. The normalized spacial score (nSPS) is 28.8. The summed E-state index contributed by atoms with van der Waals surface area (Å²) < 4.78 is 9.75. The van der Waals surface area contributed by atoms with E-state index >= 15 is 0 Å². The van der Waals surface area contributed by atoms with E-state index in [0.29, 0.717) is 17.8 Å². The molecule has 0 aromatic carbocycles. The van der Waals surface area contributed by atoms with Crippen molar-refractivity contribution in [1.82, 2.24) is 0 Å². The van der Waals surface area contributed by atoms with E-state index in [1.165, 1.54) is 6.42 Å². The fourth-order valence-electron chi connectivity index (χ4n) is 2.39. The van der Waals surface area contributed by atoms with E-state index in [4.69, 9.17) is 4.74 Å². The molecule has 4 nitrogen and oxygen atoms in total. The van der Waals surface area contributed by atoms with Gasteiger partial charge in [0.15, 0.2) is 6.61 Å². The number of ether oxygens (including phenoxy) is 2. The van der Waals surface area contributed by atoms with E-state index in [1.807, 2.05) is 0 Å². The SMILES string of the molecule is CC(C)[C@@H]1CC[C@H](C)[C@H](OC(=O)COC=O)C1. The molecule has 0 aromatic heterocycles. The highest BCUT2D eigenvalue weighted by atomic mass is 16.6. The Balaban J connectivity index is 2.44. The number of esters is 1. The number of rotatable bonds is 5. The number of hydrogen-bond acceptors (Lipinski definition) is 4. The molecule has 1 rings (SSSR count). The molecule has 1 aliphatic rings. The molecule has 98 valence electrons. The summed E-state index contributed by atoms with van der Waals surface area (Å²) in [6, 6.07) is 0. The second-order valence-electron chi connectivity index (χ2n) is 5.23. The van der Waals surface area contributed by atoms with Crippen LogP contribution in [0, 0.1) is 17.8 Å². The first kappa shape index (κ1) is 14.0. The Hall–Kier alpha value is -1.06. The van der Waals surface area contributed by atoms with E-state index in [0.717, 1.165) is 12.8 Å². The Morgan fingerprint density at radius 3 is 2.71 bits per heavy atom. The summed E-state index contributed by atoms with van der Waals surface area (Å²) in [5, 5.41) is 0. The van der Waals surface area contributed by atoms with E-state index in [9.17, 15) is 9.59 Å². The van der Waals surface area contributed by atoms with Crippen LogP contribution in [-0.4, -0.2) is 25.2 Å². The molecule has 0 N–H and O–H groups in total. The standard InChI is InChI=1S/C13H22O4/c1-9(2)11-5-4-10(3)12(6-11)17-13(15)7-16-8-14/h8-12H,4-7H2,1-3H3/t10-,11+,12+/m0/s1. The van der Waals surface area contributed by atoms with Gasteiger partial charge in [0.1, 0.15) is 6.10 Å². The van der Waals surface area contributed by atoms with Gasteiger partial charge in [-0.1, -0.05) is 20.8 Å². The molecule has 0 radical (unpaired) electrons. The van der Waals surface area contributed by atoms with Crippen LogP contribution in [0.15, 0.2) is 0 Å². The van der Waals surface area contributed by atoms with Crippen molar-refractivity contribution in [2.45, 2.75) is 46.1 Å². The highest BCUT2D eigenvalue weighted by molar-refractivity contribution is 5.72. The third-order valence-corrected chi connectivity index (χ3v) is 3.66. The predicted molar refractivity (Wildman–Crippen MR) is 63.2 cm³/mol. The molecular formula is C13H22O4. The smallest absolute Gasteiger partial charge is 0.344 e. The lowest BCUT2D eigenvalue weighted by atomic mass is 9.76. The highest BCUT2D eigenvalue weighted by Crippen LogP contribution is 2.34. The van der Waals surface area contributed by atoms with Crippen molar-refractivity contribution >= 4 is 12.4 Å². The summed E-state index contributed by atoms with van der Waals surface area (Å²) in [4.78, 5) is 21.4. The van der Waals surface area contributed by atoms with Crippen LogP contribution in [-0.2, 0) is 19.1 Å². The van der Waals surface area contributed by atoms with Crippen molar-refractivity contribution in [2.75, 3.05) is 6.61 Å². The molecule has 0 aliphatic heterocycles. The van der Waals surface area contributed by atoms with Gasteiger partial charge in [0.25, 0.3) is 6.47 Å². The fraction of sp³-hybridized carbons (Fsp3) is 0.846. The minimum absolute atomic E-state index is 0.0288. The van der Waals surface area contributed by atoms with Crippen molar-refractivity contribution in [3.05, 3.63) is 0 Å². The summed E-state index contributed by atoms with van der Waals surface area (Å²) in [7, 11) is 0. The van der Waals surface area contributed by atoms with Crippen LogP contribution in [0.1, 0.15) is 40.0 Å². The molecule has 1 aliphatic carbocycles. The minimum Gasteiger partial charge on any atom is -0.460 e. The predicted octanol–water partition coefficient (Wildman–Crippen LogP) is 2.16. The average Bonchev–Trinajstić information content (AvgIpc) is 2.29. The van der Waals surface area contributed by atoms with Crippen LogP contribution >= 0.6 is 0 Å². The fourth-order valence-corrected chi connectivity index (χ4v) is 2.39. The van der Waals surface area contributed by atoms with Gasteiger partial charge in [-0.2, -0.15) is 0 Å². The van der Waals surface area contributed by atoms with Gasteiger partial charge in [0.2, 0.25) is 0 Å². The molecule has 1 fully saturated rings. The van der Waals surface area contributed by atoms with E-state index in [1.54, 1.807) is 0 Å². The lowest BCUT2D eigenvalue weighted by Gasteiger charge is -2.35. The molecule has 0 bridgehead atoms. The van der Waals surface area contributed by atoms with Gasteiger partial charge < -0.3 is 9.47 Å². The first-order valence-electron chi connectivity index (χ1n) is 6.29. The van der Waals surface area contributed by atoms with Gasteiger partial charge >= 0.3 is 5.97 Å². The van der Waals surface area contributed by atoms with Crippen LogP contribution in [0.2, 0.25) is 0 Å². The quantitative estimate of drug-likeness (QED) is 0.547. The van der Waals surface area contributed by atoms with Gasteiger partial charge in [0, 0.05) is 0 Å². The molecule has 0 saturated heterocycles. The Kier molecular flexibility index (Phi) is 5.45. The molecule has 1 saturated carbocycles. The van der Waals surface area contributed by atoms with Crippen molar-refractivity contribution in [3.63, 3.8) is 0 Å². The van der Waals surface area contributed by atoms with Gasteiger partial charge in [-0.25, -0.2) is 4.79 Å². The lowest BCUT2D eigenvalue weighted by Crippen LogP contribution is -2.34. The van der Waals surface area contributed by atoms with Crippen LogP contribution in [0.4, 0.5) is 0 Å². The van der Waals surface area contributed by atoms with Gasteiger partial charge in [-0.3, -0.25) is 4.79 Å². The highest BCUT2D eigenvalue weighted by Gasteiger charge is 2.31. The molecule has 4 heteroatoms. The van der Waals surface area contributed by atoms with Crippen LogP contribution in [0.5, 0.6) is 0 Å². The minimum atomic E-state index is -0.446. The Labute approximate surface area is 103 Å². The molecule has 17 heavy (non-hydrogen) atoms. The summed E-state index contributed by atoms with van der Waals surface area (Å²) >= 11 is 0. The summed E-state index contributed by atoms with van der Waals surface area (Å²) in [5.41, 5.74) is 0. The molecule has 0 heterocycles. The Morgan fingerprint density at radius 1 is 1.41 bits per heavy atom. The van der Waals surface area contributed by atoms with Crippen LogP contribution in [0.25, 0.3) is 0 Å². The first-order chi connectivity index (χ1) is 8.04. The van der Waals surface area contributed by atoms with Crippen molar-refractivity contribution in [3.8, 4) is 0 Å². The molecule has 0 amide bonds. The van der Waals surface area contributed by atoms with Gasteiger partial charge in [-0.05, 0) is 37.0 Å². The first-order valence-corrected chi connectivity index (χ1v) is 6.29. The van der Waals surface area contributed by atoms with Crippen LogP contribution in [0.3, 0.4) is 0 Å². The molecule has 0 unspecified atom stereocenters. The van der Waals surface area contributed by atoms with Gasteiger partial charge in [0.05, 0.1) is 0 Å². The average molecular weight is 242 g/mol. The monoisotopic (exact) mass is 242 g/mol. The Bertz CT molecular complexity index is 262. The maximum Gasteiger partial charge on any atom is 0.344 e. The van der Waals surface area contributed by atoms with E-state index < -0.39 is 5.97 Å². The summed E-state index contributed by atoms with van der Waals surface area (Å²) in [6.07, 6.45) is 3.19. The second-order valence-corrected chi connectivity index (χ2v) is 5.23. The van der Waals surface area contributed by atoms with E-state index in [2.05, 4.69) is 25.5 Å². The van der Waals surface area contributed by atoms with Gasteiger partial charge in [-0.15, -0.1) is 0 Å². The second kappa shape index (κ2) is 6.62. The van der Waals surface area contributed by atoms with Crippen molar-refractivity contribution < 1.29 is 19.1 Å². The number of carbonyl (C=O) groups is 2.